The molecule has 0 aromatic rings. The van der Waals surface area contributed by atoms with E-state index in [0.29, 0.717) is 42.9 Å². The lowest BCUT2D eigenvalue weighted by atomic mass is 9.43. The number of amides is 1. The van der Waals surface area contributed by atoms with Crippen LogP contribution in [0.15, 0.2) is 0 Å². The average molecular weight is 522 g/mol. The van der Waals surface area contributed by atoms with Gasteiger partial charge in [-0.15, -0.1) is 0 Å². The number of aliphatic carboxylic acids is 1. The van der Waals surface area contributed by atoms with Gasteiger partial charge in [0.2, 0.25) is 5.91 Å². The summed E-state index contributed by atoms with van der Waals surface area (Å²) in [4.78, 5) is 24.3. The van der Waals surface area contributed by atoms with E-state index in [4.69, 9.17) is 0 Å². The lowest BCUT2D eigenvalue weighted by molar-refractivity contribution is -0.223. The average Bonchev–Trinajstić information content (AvgIpc) is 3.21. The molecule has 0 aromatic heterocycles. The Hall–Kier alpha value is -1.18. The molecule has 1 unspecified atom stereocenters. The van der Waals surface area contributed by atoms with E-state index in [1.165, 1.54) is 0 Å². The number of carbonyl (C=O) groups is 2. The van der Waals surface area contributed by atoms with E-state index >= 15 is 0 Å². The summed E-state index contributed by atoms with van der Waals surface area (Å²) >= 11 is 0. The number of carbonyl (C=O) groups excluding carboxylic acids is 1. The first-order valence-corrected chi connectivity index (χ1v) is 14.9. The topological polar surface area (TPSA) is 127 Å². The third kappa shape index (κ3) is 4.98. The van der Waals surface area contributed by atoms with Crippen LogP contribution in [0.5, 0.6) is 0 Å². The Kier molecular flexibility index (Phi) is 8.39. The van der Waals surface area contributed by atoms with Gasteiger partial charge in [0.25, 0.3) is 0 Å². The molecule has 4 saturated carbocycles. The highest BCUT2D eigenvalue weighted by Gasteiger charge is 2.65. The lowest BCUT2D eigenvalue weighted by Crippen LogP contribution is -2.64. The van der Waals surface area contributed by atoms with Crippen LogP contribution >= 0.6 is 0 Å². The summed E-state index contributed by atoms with van der Waals surface area (Å²) in [6.45, 7) is 10.7. The molecule has 13 atom stereocenters. The Morgan fingerprint density at radius 3 is 2.22 bits per heavy atom. The zero-order valence-corrected chi connectivity index (χ0v) is 23.5. The molecule has 0 aromatic carbocycles. The predicted octanol–water partition coefficient (Wildman–Crippen LogP) is 3.98. The van der Waals surface area contributed by atoms with Crippen molar-refractivity contribution in [3.05, 3.63) is 0 Å². The monoisotopic (exact) mass is 521 g/mol. The Morgan fingerprint density at radius 2 is 1.57 bits per heavy atom. The molecule has 0 saturated heterocycles. The smallest absolute Gasteiger partial charge is 0.326 e. The molecule has 0 spiro atoms. The fraction of sp³-hybridized carbons (Fsp3) is 0.933. The van der Waals surface area contributed by atoms with Crippen LogP contribution < -0.4 is 5.32 Å². The van der Waals surface area contributed by atoms with Gasteiger partial charge in [0.05, 0.1) is 18.3 Å². The van der Waals surface area contributed by atoms with Crippen molar-refractivity contribution in [3.8, 4) is 0 Å². The Bertz CT molecular complexity index is 850. The van der Waals surface area contributed by atoms with Crippen LogP contribution in [-0.2, 0) is 9.59 Å². The maximum Gasteiger partial charge on any atom is 0.326 e. The van der Waals surface area contributed by atoms with Gasteiger partial charge in [-0.1, -0.05) is 41.0 Å². The zero-order chi connectivity index (χ0) is 27.3. The van der Waals surface area contributed by atoms with Gasteiger partial charge in [-0.25, -0.2) is 4.79 Å². The quantitative estimate of drug-likeness (QED) is 0.329. The number of aliphatic hydroxyl groups is 3. The zero-order valence-electron chi connectivity index (χ0n) is 23.5. The molecule has 7 nitrogen and oxygen atoms in total. The lowest BCUT2D eigenvalue weighted by Gasteiger charge is -2.63. The van der Waals surface area contributed by atoms with Crippen molar-refractivity contribution in [3.63, 3.8) is 0 Å². The minimum Gasteiger partial charge on any atom is -0.480 e. The second kappa shape index (κ2) is 10.8. The Labute approximate surface area is 222 Å². The number of hydrogen-bond acceptors (Lipinski definition) is 5. The van der Waals surface area contributed by atoms with Crippen LogP contribution in [0.3, 0.4) is 0 Å². The summed E-state index contributed by atoms with van der Waals surface area (Å²) in [5, 5.41) is 45.2. The third-order valence-electron chi connectivity index (χ3n) is 12.1. The van der Waals surface area contributed by atoms with Crippen molar-refractivity contribution in [1.29, 1.82) is 0 Å². The molecule has 4 fully saturated rings. The number of aliphatic hydroxyl groups excluding tert-OH is 3. The highest BCUT2D eigenvalue weighted by molar-refractivity contribution is 5.83. The number of carboxylic acids is 1. The van der Waals surface area contributed by atoms with Gasteiger partial charge in [0.1, 0.15) is 6.04 Å². The molecule has 212 valence electrons. The molecule has 0 radical (unpaired) electrons. The summed E-state index contributed by atoms with van der Waals surface area (Å²) in [6.07, 6.45) is 6.38. The first-order valence-electron chi connectivity index (χ1n) is 14.9. The van der Waals surface area contributed by atoms with Crippen LogP contribution in [0.25, 0.3) is 0 Å². The van der Waals surface area contributed by atoms with Crippen LogP contribution in [0.2, 0.25) is 0 Å². The predicted molar refractivity (Wildman–Crippen MR) is 141 cm³/mol. The van der Waals surface area contributed by atoms with Crippen LogP contribution in [0, 0.1) is 52.3 Å². The fourth-order valence-corrected chi connectivity index (χ4v) is 9.70. The SMILES string of the molecule is CCC(C)[C@H](NC(=O)CC[C@@H](C)[C@H]1CC[C@H]2[C@@H]3[C@@H](O)[C@@H](O)[C@@H]4C[C@H](O)CC[C@]4(C)[C@H]3CC[C@]12C)C(=O)O. The summed E-state index contributed by atoms with van der Waals surface area (Å²) in [7, 11) is 0. The molecular weight excluding hydrogens is 470 g/mol. The Morgan fingerprint density at radius 1 is 0.919 bits per heavy atom. The Balaban J connectivity index is 1.43. The highest BCUT2D eigenvalue weighted by Crippen LogP contribution is 2.68. The van der Waals surface area contributed by atoms with E-state index in [-0.39, 0.29) is 40.6 Å². The number of carboxylic acid groups (broad SMARTS) is 1. The van der Waals surface area contributed by atoms with Crippen LogP contribution in [0.4, 0.5) is 0 Å². The fourth-order valence-electron chi connectivity index (χ4n) is 9.70. The maximum atomic E-state index is 12.7. The molecule has 0 aliphatic heterocycles. The van der Waals surface area contributed by atoms with Crippen molar-refractivity contribution < 1.29 is 30.0 Å². The number of fused-ring (bicyclic) bond motifs is 5. The molecule has 37 heavy (non-hydrogen) atoms. The highest BCUT2D eigenvalue weighted by atomic mass is 16.4. The first-order chi connectivity index (χ1) is 17.3. The maximum absolute atomic E-state index is 12.7. The van der Waals surface area contributed by atoms with Gasteiger partial charge in [-0.3, -0.25) is 4.79 Å². The molecule has 5 N–H and O–H groups in total. The van der Waals surface area contributed by atoms with E-state index in [1.807, 2.05) is 13.8 Å². The number of nitrogens with one attached hydrogen (secondary N) is 1. The standard InChI is InChI=1S/C30H51NO6/c1-6-16(2)25(28(36)37)31-23(33)10-7-17(3)19-8-9-20-24-21(12-14-29(19,20)4)30(5)13-11-18(32)15-22(30)26(34)27(24)35/h16-22,24-27,32,34-35H,6-15H2,1-5H3,(H,31,33)(H,36,37)/t16?,17-,18-,19-,20+,21+,22+,24+,25+,26+,27-,29-,30-/m1/s1. The second-order valence-corrected chi connectivity index (χ2v) is 13.8. The molecule has 4 aliphatic rings. The summed E-state index contributed by atoms with van der Waals surface area (Å²) in [6, 6.07) is -0.846. The van der Waals surface area contributed by atoms with Gasteiger partial charge in [-0.2, -0.15) is 0 Å². The van der Waals surface area contributed by atoms with Crippen molar-refractivity contribution in [1.82, 2.24) is 5.32 Å². The minimum atomic E-state index is -0.977. The van der Waals surface area contributed by atoms with Gasteiger partial charge < -0.3 is 25.7 Å². The molecule has 4 rings (SSSR count). The second-order valence-electron chi connectivity index (χ2n) is 13.8. The normalized spacial score (nSPS) is 45.6. The van der Waals surface area contributed by atoms with E-state index in [9.17, 15) is 30.0 Å². The van der Waals surface area contributed by atoms with Crippen LogP contribution in [0.1, 0.15) is 98.8 Å². The largest absolute Gasteiger partial charge is 0.480 e. The molecule has 1 amide bonds. The van der Waals surface area contributed by atoms with Gasteiger partial charge >= 0.3 is 5.97 Å². The first kappa shape index (κ1) is 28.8. The number of rotatable bonds is 8. The van der Waals surface area contributed by atoms with Gasteiger partial charge in [0, 0.05) is 6.42 Å². The van der Waals surface area contributed by atoms with Crippen molar-refractivity contribution in [2.24, 2.45) is 52.3 Å². The summed E-state index contributed by atoms with van der Waals surface area (Å²) in [5.41, 5.74) is 0.0252. The summed E-state index contributed by atoms with van der Waals surface area (Å²) in [5.74, 6) is 0.243. The van der Waals surface area contributed by atoms with Gasteiger partial charge in [-0.05, 0) is 104 Å². The molecule has 0 bridgehead atoms. The number of hydrogen-bond donors (Lipinski definition) is 5. The third-order valence-corrected chi connectivity index (χ3v) is 12.1. The van der Waals surface area contributed by atoms with Crippen LogP contribution in [-0.4, -0.2) is 56.7 Å². The van der Waals surface area contributed by atoms with E-state index in [0.717, 1.165) is 44.9 Å². The molecular formula is C30H51NO6. The molecule has 7 heteroatoms. The van der Waals surface area contributed by atoms with E-state index in [2.05, 4.69) is 26.1 Å². The van der Waals surface area contributed by atoms with Crippen molar-refractivity contribution in [2.45, 2.75) is 123 Å². The van der Waals surface area contributed by atoms with Gasteiger partial charge in [0.15, 0.2) is 0 Å². The van der Waals surface area contributed by atoms with E-state index in [1.54, 1.807) is 0 Å². The van der Waals surface area contributed by atoms with Crippen molar-refractivity contribution >= 4 is 11.9 Å². The molecule has 0 heterocycles. The van der Waals surface area contributed by atoms with Crippen molar-refractivity contribution in [2.75, 3.05) is 0 Å². The van der Waals surface area contributed by atoms with E-state index < -0.39 is 24.2 Å². The minimum absolute atomic E-state index is 0.0397. The summed E-state index contributed by atoms with van der Waals surface area (Å²) < 4.78 is 0. The molecule has 4 aliphatic carbocycles.